The first-order valence-corrected chi connectivity index (χ1v) is 14.7. The topological polar surface area (TPSA) is 104 Å². The van der Waals surface area contributed by atoms with Crippen molar-refractivity contribution in [1.29, 1.82) is 0 Å². The van der Waals surface area contributed by atoms with Crippen molar-refractivity contribution in [2.75, 3.05) is 58.6 Å². The molecule has 0 spiro atoms. The molecule has 0 bridgehead atoms. The van der Waals surface area contributed by atoms with E-state index in [9.17, 15) is 13.2 Å². The van der Waals surface area contributed by atoms with Crippen LogP contribution in [0.4, 0.5) is 10.5 Å². The normalized spacial score (nSPS) is 18.3. The average Bonchev–Trinajstić information content (AvgIpc) is 3.08. The molecule has 2 aromatic rings. The fourth-order valence-electron chi connectivity index (χ4n) is 5.10. The number of anilines is 1. The first-order valence-electron chi connectivity index (χ1n) is 12.9. The summed E-state index contributed by atoms with van der Waals surface area (Å²) in [5.74, 6) is 1.23. The Hall–Kier alpha value is -3.31. The second kappa shape index (κ2) is 11.6. The van der Waals surface area contributed by atoms with Crippen LogP contribution in [0, 0.1) is 0 Å². The number of carbonyl (C=O) groups is 1. The molecule has 0 aliphatic carbocycles. The second-order valence-corrected chi connectivity index (χ2v) is 11.5. The lowest BCUT2D eigenvalue weighted by Crippen LogP contribution is -2.48. The molecule has 206 valence electrons. The van der Waals surface area contributed by atoms with E-state index in [0.29, 0.717) is 49.8 Å². The lowest BCUT2D eigenvalue weighted by Gasteiger charge is -2.34. The van der Waals surface area contributed by atoms with Crippen LogP contribution >= 0.6 is 0 Å². The van der Waals surface area contributed by atoms with Crippen LogP contribution in [0.5, 0.6) is 11.5 Å². The minimum absolute atomic E-state index is 0.111. The van der Waals surface area contributed by atoms with E-state index in [1.165, 1.54) is 10.6 Å². The van der Waals surface area contributed by atoms with E-state index in [2.05, 4.69) is 17.1 Å². The smallest absolute Gasteiger partial charge is 0.337 e. The van der Waals surface area contributed by atoms with Crippen molar-refractivity contribution < 1.29 is 22.7 Å². The van der Waals surface area contributed by atoms with Crippen LogP contribution in [0.1, 0.15) is 36.5 Å². The van der Waals surface area contributed by atoms with E-state index in [-0.39, 0.29) is 12.1 Å². The number of nitrogens with zero attached hydrogens (tertiary/aromatic N) is 4. The van der Waals surface area contributed by atoms with Gasteiger partial charge in [-0.1, -0.05) is 25.5 Å². The summed E-state index contributed by atoms with van der Waals surface area (Å²) in [5, 5.41) is 9.23. The molecule has 0 radical (unpaired) electrons. The van der Waals surface area contributed by atoms with Crippen molar-refractivity contribution in [3.63, 3.8) is 0 Å². The monoisotopic (exact) mass is 543 g/mol. The molecule has 1 saturated heterocycles. The number of carbonyl (C=O) groups excluding carboxylic acids is 1. The number of piperazine rings is 1. The Bertz CT molecular complexity index is 1290. The standard InChI is InChI=1S/C27H37N5O5S/c1-6-7-22-16-20-17-24(36-3)25(37-4)18-23(20)26(29-32(22)27(33)28-2)19-8-10-21(11-9-19)30-12-14-31(15-13-30)38(5,34)35/h8-11,17-18,22H,6-7,12-16H2,1-5H3,(H,28,33). The SMILES string of the molecule is CCCC1Cc2cc(OC)c(OC)cc2C(c2ccc(N3CCN(S(C)(=O)=O)CC3)cc2)=NN1C(=O)NC. The van der Waals surface area contributed by atoms with E-state index in [4.69, 9.17) is 14.6 Å². The van der Waals surface area contributed by atoms with Gasteiger partial charge in [-0.2, -0.15) is 9.41 Å². The largest absolute Gasteiger partial charge is 0.493 e. The third kappa shape index (κ3) is 5.73. The summed E-state index contributed by atoms with van der Waals surface area (Å²) in [6, 6.07) is 11.6. The maximum Gasteiger partial charge on any atom is 0.337 e. The molecule has 1 fully saturated rings. The van der Waals surface area contributed by atoms with Crippen molar-refractivity contribution in [1.82, 2.24) is 14.6 Å². The number of hydrogen-bond donors (Lipinski definition) is 1. The number of hydrogen-bond acceptors (Lipinski definition) is 7. The molecule has 1 atom stereocenters. The van der Waals surface area contributed by atoms with Gasteiger partial charge >= 0.3 is 6.03 Å². The van der Waals surface area contributed by atoms with Gasteiger partial charge in [-0.25, -0.2) is 18.2 Å². The lowest BCUT2D eigenvalue weighted by atomic mass is 9.92. The minimum Gasteiger partial charge on any atom is -0.493 e. The molecule has 4 rings (SSSR count). The highest BCUT2D eigenvalue weighted by Gasteiger charge is 2.30. The number of sulfonamides is 1. The highest BCUT2D eigenvalue weighted by Crippen LogP contribution is 2.35. The lowest BCUT2D eigenvalue weighted by molar-refractivity contribution is 0.175. The highest BCUT2D eigenvalue weighted by molar-refractivity contribution is 7.88. The van der Waals surface area contributed by atoms with E-state index in [1.54, 1.807) is 26.3 Å². The van der Waals surface area contributed by atoms with Crippen LogP contribution in [0.3, 0.4) is 0 Å². The van der Waals surface area contributed by atoms with Gasteiger partial charge in [0, 0.05) is 50.0 Å². The summed E-state index contributed by atoms with van der Waals surface area (Å²) >= 11 is 0. The molecule has 0 saturated carbocycles. The van der Waals surface area contributed by atoms with Crippen molar-refractivity contribution in [3.05, 3.63) is 53.1 Å². The van der Waals surface area contributed by atoms with Crippen LogP contribution in [0.2, 0.25) is 0 Å². The van der Waals surface area contributed by atoms with Crippen molar-refractivity contribution >= 4 is 27.5 Å². The Morgan fingerprint density at radius 1 is 1.05 bits per heavy atom. The fourth-order valence-corrected chi connectivity index (χ4v) is 5.93. The number of hydrazone groups is 1. The Morgan fingerprint density at radius 2 is 1.68 bits per heavy atom. The average molecular weight is 544 g/mol. The Balaban J connectivity index is 1.73. The second-order valence-electron chi connectivity index (χ2n) is 9.56. The maximum atomic E-state index is 12.9. The summed E-state index contributed by atoms with van der Waals surface area (Å²) in [4.78, 5) is 15.1. The molecule has 10 nitrogen and oxygen atoms in total. The Morgan fingerprint density at radius 3 is 2.24 bits per heavy atom. The third-order valence-electron chi connectivity index (χ3n) is 7.13. The predicted octanol–water partition coefficient (Wildman–Crippen LogP) is 2.90. The molecule has 2 aromatic carbocycles. The number of methoxy groups -OCH3 is 2. The van der Waals surface area contributed by atoms with Crippen LogP contribution in [-0.2, 0) is 16.4 Å². The van der Waals surface area contributed by atoms with Gasteiger partial charge in [0.25, 0.3) is 0 Å². The zero-order chi connectivity index (χ0) is 27.4. The van der Waals surface area contributed by atoms with Gasteiger partial charge < -0.3 is 19.7 Å². The van der Waals surface area contributed by atoms with Gasteiger partial charge in [0.1, 0.15) is 0 Å². The molecule has 11 heteroatoms. The number of rotatable bonds is 7. The number of urea groups is 1. The molecule has 1 unspecified atom stereocenters. The third-order valence-corrected chi connectivity index (χ3v) is 8.43. The van der Waals surface area contributed by atoms with E-state index >= 15 is 0 Å². The number of nitrogens with one attached hydrogen (secondary N) is 1. The number of benzene rings is 2. The van der Waals surface area contributed by atoms with E-state index in [0.717, 1.165) is 35.2 Å². The van der Waals surface area contributed by atoms with Gasteiger partial charge in [0.2, 0.25) is 10.0 Å². The number of fused-ring (bicyclic) bond motifs is 1. The summed E-state index contributed by atoms with van der Waals surface area (Å²) < 4.78 is 36.4. The fraction of sp³-hybridized carbons (Fsp3) is 0.481. The molecule has 1 N–H and O–H groups in total. The molecular formula is C27H37N5O5S. The molecule has 38 heavy (non-hydrogen) atoms. The maximum absolute atomic E-state index is 12.9. The van der Waals surface area contributed by atoms with Crippen LogP contribution in [0.25, 0.3) is 0 Å². The molecule has 2 heterocycles. The van der Waals surface area contributed by atoms with Crippen LogP contribution < -0.4 is 19.7 Å². The molecular weight excluding hydrogens is 506 g/mol. The van der Waals surface area contributed by atoms with Gasteiger partial charge in [0.15, 0.2) is 11.5 Å². The highest BCUT2D eigenvalue weighted by atomic mass is 32.2. The zero-order valence-corrected chi connectivity index (χ0v) is 23.5. The predicted molar refractivity (Wildman–Crippen MR) is 149 cm³/mol. The first kappa shape index (κ1) is 27.7. The zero-order valence-electron chi connectivity index (χ0n) is 22.7. The van der Waals surface area contributed by atoms with Crippen LogP contribution in [-0.4, -0.2) is 89.2 Å². The van der Waals surface area contributed by atoms with E-state index < -0.39 is 10.0 Å². The quantitative estimate of drug-likeness (QED) is 0.576. The van der Waals surface area contributed by atoms with Gasteiger partial charge in [-0.3, -0.25) is 0 Å². The summed E-state index contributed by atoms with van der Waals surface area (Å²) in [7, 11) is 1.65. The van der Waals surface area contributed by atoms with Gasteiger partial charge in [0.05, 0.1) is 32.2 Å². The molecule has 2 aliphatic heterocycles. The van der Waals surface area contributed by atoms with Gasteiger partial charge in [-0.05, 0) is 42.7 Å². The van der Waals surface area contributed by atoms with Crippen molar-refractivity contribution in [2.24, 2.45) is 5.10 Å². The summed E-state index contributed by atoms with van der Waals surface area (Å²) in [6.07, 6.45) is 3.59. The minimum atomic E-state index is -3.18. The van der Waals surface area contributed by atoms with E-state index in [1.807, 2.05) is 36.4 Å². The van der Waals surface area contributed by atoms with Crippen molar-refractivity contribution in [3.8, 4) is 11.5 Å². The Kier molecular flexibility index (Phi) is 8.47. The Labute approximate surface area is 225 Å². The number of ether oxygens (including phenoxy) is 2. The molecule has 2 aliphatic rings. The van der Waals surface area contributed by atoms with Gasteiger partial charge in [-0.15, -0.1) is 0 Å². The summed E-state index contributed by atoms with van der Waals surface area (Å²) in [5.41, 5.74) is 4.48. The van der Waals surface area contributed by atoms with Crippen molar-refractivity contribution in [2.45, 2.75) is 32.2 Å². The first-order chi connectivity index (χ1) is 18.2. The number of amides is 2. The molecule has 2 amide bonds. The summed E-state index contributed by atoms with van der Waals surface area (Å²) in [6.45, 7) is 4.26. The van der Waals surface area contributed by atoms with Crippen LogP contribution in [0.15, 0.2) is 41.5 Å². The molecule has 0 aromatic heterocycles.